The van der Waals surface area contributed by atoms with Gasteiger partial charge < -0.3 is 15.2 Å². The molecular weight excluding hydrogens is 204 g/mol. The Bertz CT molecular complexity index is 373. The van der Waals surface area contributed by atoms with E-state index >= 15 is 0 Å². The molecule has 0 radical (unpaired) electrons. The number of benzene rings is 1. The van der Waals surface area contributed by atoms with E-state index in [-0.39, 0.29) is 11.9 Å². The predicted octanol–water partition coefficient (Wildman–Crippen LogP) is 1.53. The second-order valence-electron chi connectivity index (χ2n) is 3.89. The van der Waals surface area contributed by atoms with E-state index in [1.165, 1.54) is 0 Å². The van der Waals surface area contributed by atoms with Gasteiger partial charge in [0, 0.05) is 12.2 Å². The van der Waals surface area contributed by atoms with Crippen molar-refractivity contribution in [3.05, 3.63) is 29.8 Å². The van der Waals surface area contributed by atoms with Crippen LogP contribution in [-0.4, -0.2) is 25.2 Å². The molecule has 1 aromatic carbocycles. The van der Waals surface area contributed by atoms with Gasteiger partial charge in [0.15, 0.2) is 0 Å². The quantitative estimate of drug-likeness (QED) is 0.597. The Morgan fingerprint density at radius 2 is 2.44 bits per heavy atom. The topological polar surface area (TPSA) is 68.3 Å². The van der Waals surface area contributed by atoms with Crippen LogP contribution in [0.25, 0.3) is 0 Å². The Kier molecular flexibility index (Phi) is 3.41. The predicted molar refractivity (Wildman–Crippen MR) is 61.9 cm³/mol. The van der Waals surface area contributed by atoms with Gasteiger partial charge >= 0.3 is 0 Å². The third-order valence-corrected chi connectivity index (χ3v) is 2.60. The lowest BCUT2D eigenvalue weighted by atomic mass is 10.2. The Labute approximate surface area is 94.9 Å². The van der Waals surface area contributed by atoms with Crippen molar-refractivity contribution >= 4 is 5.84 Å². The fraction of sp³-hybridized carbons (Fsp3) is 0.417. The van der Waals surface area contributed by atoms with Gasteiger partial charge in [-0.05, 0) is 25.0 Å². The lowest BCUT2D eigenvalue weighted by Gasteiger charge is -2.11. The average molecular weight is 220 g/mol. The average Bonchev–Trinajstić information content (AvgIpc) is 2.79. The van der Waals surface area contributed by atoms with Crippen LogP contribution in [0.15, 0.2) is 24.3 Å². The summed E-state index contributed by atoms with van der Waals surface area (Å²) in [4.78, 5) is 0. The van der Waals surface area contributed by atoms with Crippen LogP contribution in [0.2, 0.25) is 0 Å². The molecule has 0 bridgehead atoms. The highest BCUT2D eigenvalue weighted by Crippen LogP contribution is 2.16. The molecule has 16 heavy (non-hydrogen) atoms. The molecule has 1 aliphatic heterocycles. The van der Waals surface area contributed by atoms with Crippen molar-refractivity contribution in [1.82, 2.24) is 0 Å². The maximum absolute atomic E-state index is 7.33. The standard InChI is InChI=1S/C12H16N2O2/c13-12(14)9-3-1-4-10(7-9)16-8-11-5-2-6-15-11/h1,3-4,7,11H,2,5-6,8H2,(H3,13,14). The lowest BCUT2D eigenvalue weighted by Crippen LogP contribution is -2.16. The minimum atomic E-state index is 0.0579. The van der Waals surface area contributed by atoms with Gasteiger partial charge in [0.1, 0.15) is 18.2 Å². The summed E-state index contributed by atoms with van der Waals surface area (Å²) >= 11 is 0. The molecule has 1 heterocycles. The Morgan fingerprint density at radius 3 is 3.12 bits per heavy atom. The summed E-state index contributed by atoms with van der Waals surface area (Å²) in [7, 11) is 0. The van der Waals surface area contributed by atoms with Gasteiger partial charge in [-0.2, -0.15) is 0 Å². The van der Waals surface area contributed by atoms with Gasteiger partial charge in [-0.3, -0.25) is 5.41 Å². The summed E-state index contributed by atoms with van der Waals surface area (Å²) in [5.41, 5.74) is 6.09. The van der Waals surface area contributed by atoms with Crippen LogP contribution in [0.4, 0.5) is 0 Å². The molecule has 1 saturated heterocycles. The number of amidine groups is 1. The fourth-order valence-corrected chi connectivity index (χ4v) is 1.72. The van der Waals surface area contributed by atoms with Gasteiger partial charge in [-0.15, -0.1) is 0 Å². The molecule has 4 nitrogen and oxygen atoms in total. The van der Waals surface area contributed by atoms with E-state index in [0.717, 1.165) is 25.2 Å². The Hall–Kier alpha value is -1.55. The molecule has 3 N–H and O–H groups in total. The van der Waals surface area contributed by atoms with Crippen molar-refractivity contribution < 1.29 is 9.47 Å². The van der Waals surface area contributed by atoms with E-state index < -0.39 is 0 Å². The van der Waals surface area contributed by atoms with E-state index in [2.05, 4.69) is 0 Å². The second-order valence-corrected chi connectivity index (χ2v) is 3.89. The summed E-state index contributed by atoms with van der Waals surface area (Å²) in [5, 5.41) is 7.33. The molecular formula is C12H16N2O2. The van der Waals surface area contributed by atoms with E-state index in [0.29, 0.717) is 12.2 Å². The van der Waals surface area contributed by atoms with Crippen molar-refractivity contribution in [3.8, 4) is 5.75 Å². The minimum absolute atomic E-state index is 0.0579. The monoisotopic (exact) mass is 220 g/mol. The molecule has 0 aliphatic carbocycles. The Balaban J connectivity index is 1.93. The van der Waals surface area contributed by atoms with Crippen LogP contribution in [0.3, 0.4) is 0 Å². The van der Waals surface area contributed by atoms with Gasteiger partial charge in [-0.1, -0.05) is 12.1 Å². The first-order valence-electron chi connectivity index (χ1n) is 5.44. The maximum Gasteiger partial charge on any atom is 0.122 e. The first-order chi connectivity index (χ1) is 7.75. The van der Waals surface area contributed by atoms with Crippen molar-refractivity contribution in [2.24, 2.45) is 5.73 Å². The number of nitrogen functional groups attached to an aromatic ring is 1. The van der Waals surface area contributed by atoms with Crippen molar-refractivity contribution in [2.45, 2.75) is 18.9 Å². The molecule has 4 heteroatoms. The Morgan fingerprint density at radius 1 is 1.56 bits per heavy atom. The van der Waals surface area contributed by atoms with Crippen LogP contribution < -0.4 is 10.5 Å². The summed E-state index contributed by atoms with van der Waals surface area (Å²) < 4.78 is 11.1. The molecule has 0 aromatic heterocycles. The number of hydrogen-bond donors (Lipinski definition) is 2. The fourth-order valence-electron chi connectivity index (χ4n) is 1.72. The highest BCUT2D eigenvalue weighted by molar-refractivity contribution is 5.95. The summed E-state index contributed by atoms with van der Waals surface area (Å²) in [6.45, 7) is 1.41. The normalized spacial score (nSPS) is 19.6. The summed E-state index contributed by atoms with van der Waals surface area (Å²) in [5.74, 6) is 0.797. The second kappa shape index (κ2) is 4.99. The van der Waals surface area contributed by atoms with Crippen LogP contribution in [0, 0.1) is 5.41 Å². The number of rotatable bonds is 4. The van der Waals surface area contributed by atoms with Crippen molar-refractivity contribution in [2.75, 3.05) is 13.2 Å². The summed E-state index contributed by atoms with van der Waals surface area (Å²) in [6, 6.07) is 7.27. The minimum Gasteiger partial charge on any atom is -0.491 e. The molecule has 0 spiro atoms. The molecule has 0 amide bonds. The van der Waals surface area contributed by atoms with E-state index in [1.807, 2.05) is 12.1 Å². The SMILES string of the molecule is N=C(N)c1cccc(OCC2CCCO2)c1. The molecule has 2 rings (SSSR count). The highest BCUT2D eigenvalue weighted by atomic mass is 16.5. The van der Waals surface area contributed by atoms with Gasteiger partial charge in [0.25, 0.3) is 0 Å². The molecule has 0 saturated carbocycles. The zero-order valence-electron chi connectivity index (χ0n) is 9.11. The first-order valence-corrected chi connectivity index (χ1v) is 5.44. The molecule has 1 unspecified atom stereocenters. The first kappa shape index (κ1) is 11.0. The third kappa shape index (κ3) is 2.73. The summed E-state index contributed by atoms with van der Waals surface area (Å²) in [6.07, 6.45) is 2.38. The van der Waals surface area contributed by atoms with Crippen LogP contribution in [0.1, 0.15) is 18.4 Å². The third-order valence-electron chi connectivity index (χ3n) is 2.60. The number of ether oxygens (including phenoxy) is 2. The van der Waals surface area contributed by atoms with Crippen molar-refractivity contribution in [3.63, 3.8) is 0 Å². The van der Waals surface area contributed by atoms with Crippen LogP contribution in [0.5, 0.6) is 5.75 Å². The lowest BCUT2D eigenvalue weighted by molar-refractivity contribution is 0.0679. The van der Waals surface area contributed by atoms with Gasteiger partial charge in [0.05, 0.1) is 6.10 Å². The molecule has 1 aliphatic rings. The largest absolute Gasteiger partial charge is 0.491 e. The van der Waals surface area contributed by atoms with Crippen molar-refractivity contribution in [1.29, 1.82) is 5.41 Å². The number of hydrogen-bond acceptors (Lipinski definition) is 3. The van der Waals surface area contributed by atoms with Gasteiger partial charge in [0.2, 0.25) is 0 Å². The zero-order valence-corrected chi connectivity index (χ0v) is 9.11. The van der Waals surface area contributed by atoms with E-state index in [9.17, 15) is 0 Å². The van der Waals surface area contributed by atoms with E-state index in [4.69, 9.17) is 20.6 Å². The maximum atomic E-state index is 7.33. The molecule has 86 valence electrons. The molecule has 1 aromatic rings. The van der Waals surface area contributed by atoms with Gasteiger partial charge in [-0.25, -0.2) is 0 Å². The van der Waals surface area contributed by atoms with Crippen LogP contribution in [-0.2, 0) is 4.74 Å². The highest BCUT2D eigenvalue weighted by Gasteiger charge is 2.15. The zero-order chi connectivity index (χ0) is 11.4. The van der Waals surface area contributed by atoms with Crippen LogP contribution >= 0.6 is 0 Å². The van der Waals surface area contributed by atoms with E-state index in [1.54, 1.807) is 12.1 Å². The number of nitrogens with two attached hydrogens (primary N) is 1. The number of nitrogens with one attached hydrogen (secondary N) is 1. The molecule has 1 fully saturated rings. The molecule has 1 atom stereocenters. The smallest absolute Gasteiger partial charge is 0.122 e.